The molecule has 28 heavy (non-hydrogen) atoms. The third-order valence-electron chi connectivity index (χ3n) is 4.55. The van der Waals surface area contributed by atoms with Crippen LogP contribution in [0.15, 0.2) is 24.5 Å². The van der Waals surface area contributed by atoms with Crippen LogP contribution in [0.25, 0.3) is 10.3 Å². The molecule has 4 heterocycles. The molecular formula is C17H20N8O2S. The molecule has 0 spiro atoms. The summed E-state index contributed by atoms with van der Waals surface area (Å²) in [7, 11) is 3.35. The van der Waals surface area contributed by atoms with E-state index in [1.165, 1.54) is 15.8 Å². The predicted molar refractivity (Wildman–Crippen MR) is 104 cm³/mol. The minimum Gasteiger partial charge on any atom is -0.347 e. The number of amides is 2. The predicted octanol–water partition coefficient (Wildman–Crippen LogP) is 0.333. The Balaban J connectivity index is 1.37. The number of aromatic nitrogens is 5. The van der Waals surface area contributed by atoms with Gasteiger partial charge in [0, 0.05) is 46.5 Å². The van der Waals surface area contributed by atoms with Crippen LogP contribution >= 0.6 is 11.3 Å². The quantitative estimate of drug-likeness (QED) is 0.622. The number of thiazole rings is 1. The zero-order valence-corrected chi connectivity index (χ0v) is 16.5. The lowest BCUT2D eigenvalue weighted by Crippen LogP contribution is -2.48. The normalized spacial score (nSPS) is 14.5. The highest BCUT2D eigenvalue weighted by atomic mass is 32.1. The van der Waals surface area contributed by atoms with E-state index < -0.39 is 0 Å². The largest absolute Gasteiger partial charge is 0.347 e. The highest BCUT2D eigenvalue weighted by Crippen LogP contribution is 2.27. The number of carbonyl (C=O) groups is 2. The van der Waals surface area contributed by atoms with E-state index in [1.807, 2.05) is 12.1 Å². The van der Waals surface area contributed by atoms with Crippen LogP contribution < -0.4 is 4.90 Å². The Hall–Kier alpha value is -3.08. The number of piperazine rings is 1. The summed E-state index contributed by atoms with van der Waals surface area (Å²) in [6.07, 6.45) is 3.29. The first-order chi connectivity index (χ1) is 13.5. The maximum atomic E-state index is 12.7. The van der Waals surface area contributed by atoms with Crippen LogP contribution in [-0.4, -0.2) is 86.9 Å². The van der Waals surface area contributed by atoms with E-state index in [1.54, 1.807) is 36.5 Å². The van der Waals surface area contributed by atoms with Gasteiger partial charge in [0.05, 0.1) is 6.20 Å². The van der Waals surface area contributed by atoms with Crippen LogP contribution in [0.1, 0.15) is 10.5 Å². The highest BCUT2D eigenvalue weighted by Gasteiger charge is 2.26. The third-order valence-corrected chi connectivity index (χ3v) is 5.59. The number of pyridine rings is 1. The van der Waals surface area contributed by atoms with Crippen molar-refractivity contribution in [1.29, 1.82) is 0 Å². The summed E-state index contributed by atoms with van der Waals surface area (Å²) in [5.74, 6) is -0.281. The first-order valence-corrected chi connectivity index (χ1v) is 9.69. The van der Waals surface area contributed by atoms with Gasteiger partial charge in [0.25, 0.3) is 5.91 Å². The van der Waals surface area contributed by atoms with Gasteiger partial charge in [0.2, 0.25) is 5.91 Å². The van der Waals surface area contributed by atoms with E-state index in [4.69, 9.17) is 0 Å². The van der Waals surface area contributed by atoms with Gasteiger partial charge in [-0.25, -0.2) is 14.6 Å². The van der Waals surface area contributed by atoms with E-state index in [9.17, 15) is 9.59 Å². The van der Waals surface area contributed by atoms with Crippen molar-refractivity contribution in [2.24, 2.45) is 0 Å². The van der Waals surface area contributed by atoms with Crippen molar-refractivity contribution in [1.82, 2.24) is 34.8 Å². The molecule has 1 saturated heterocycles. The molecule has 3 aromatic heterocycles. The summed E-state index contributed by atoms with van der Waals surface area (Å²) in [6.45, 7) is 2.60. The monoisotopic (exact) mass is 400 g/mol. The lowest BCUT2D eigenvalue weighted by molar-refractivity contribution is -0.129. The molecule has 11 heteroatoms. The number of fused-ring (bicyclic) bond motifs is 1. The van der Waals surface area contributed by atoms with Crippen molar-refractivity contribution in [2.75, 3.05) is 45.2 Å². The molecule has 0 aliphatic carbocycles. The smallest absolute Gasteiger partial charge is 0.276 e. The number of rotatable bonds is 4. The van der Waals surface area contributed by atoms with Crippen LogP contribution in [0.2, 0.25) is 0 Å². The number of hydrogen-bond donors (Lipinski definition) is 0. The van der Waals surface area contributed by atoms with Gasteiger partial charge >= 0.3 is 0 Å². The lowest BCUT2D eigenvalue weighted by atomic mass is 10.3. The average molecular weight is 400 g/mol. The fraction of sp³-hybridized carbons (Fsp3) is 0.412. The Kier molecular flexibility index (Phi) is 4.90. The summed E-state index contributed by atoms with van der Waals surface area (Å²) in [5.41, 5.74) is 1.15. The summed E-state index contributed by atoms with van der Waals surface area (Å²) in [4.78, 5) is 39.7. The van der Waals surface area contributed by atoms with Gasteiger partial charge in [0.1, 0.15) is 16.9 Å². The SMILES string of the molecule is CN(C)C(=O)Cn1cc(C(=O)N2CCN(c3nc4cccnc4s3)CC2)nn1. The van der Waals surface area contributed by atoms with Crippen molar-refractivity contribution >= 4 is 38.6 Å². The van der Waals surface area contributed by atoms with Gasteiger partial charge in [-0.1, -0.05) is 16.6 Å². The first kappa shape index (κ1) is 18.3. The van der Waals surface area contributed by atoms with Gasteiger partial charge in [0.15, 0.2) is 10.8 Å². The van der Waals surface area contributed by atoms with E-state index in [0.717, 1.165) is 15.5 Å². The Morgan fingerprint density at radius 1 is 1.21 bits per heavy atom. The van der Waals surface area contributed by atoms with Gasteiger partial charge in [-0.15, -0.1) is 5.10 Å². The van der Waals surface area contributed by atoms with E-state index >= 15 is 0 Å². The lowest BCUT2D eigenvalue weighted by Gasteiger charge is -2.34. The minimum atomic E-state index is -0.172. The van der Waals surface area contributed by atoms with Crippen molar-refractivity contribution in [3.05, 3.63) is 30.2 Å². The second kappa shape index (κ2) is 7.50. The molecule has 0 atom stereocenters. The van der Waals surface area contributed by atoms with E-state index in [-0.39, 0.29) is 24.1 Å². The molecule has 4 rings (SSSR count). The fourth-order valence-corrected chi connectivity index (χ4v) is 3.87. The third kappa shape index (κ3) is 3.65. The minimum absolute atomic E-state index is 0.0622. The molecule has 1 aliphatic rings. The van der Waals surface area contributed by atoms with Crippen molar-refractivity contribution < 1.29 is 9.59 Å². The standard InChI is InChI=1S/C17H20N8O2S/c1-22(2)14(26)11-25-10-13(20-21-25)16(27)23-6-8-24(9-7-23)17-19-12-4-3-5-18-15(12)28-17/h3-5,10H,6-9,11H2,1-2H3. The number of nitrogens with zero attached hydrogens (tertiary/aromatic N) is 8. The molecule has 146 valence electrons. The molecule has 0 saturated carbocycles. The number of likely N-dealkylation sites (N-methyl/N-ethyl adjacent to an activating group) is 1. The molecule has 0 aromatic carbocycles. The van der Waals surface area contributed by atoms with Gasteiger partial charge in [-0.2, -0.15) is 0 Å². The van der Waals surface area contributed by atoms with Gasteiger partial charge < -0.3 is 14.7 Å². The Morgan fingerprint density at radius 2 is 2.00 bits per heavy atom. The van der Waals surface area contributed by atoms with Crippen LogP contribution in [0, 0.1) is 0 Å². The molecule has 0 N–H and O–H groups in total. The summed E-state index contributed by atoms with van der Waals surface area (Å²) in [5, 5.41) is 8.74. The van der Waals surface area contributed by atoms with Gasteiger partial charge in [-0.05, 0) is 12.1 Å². The Bertz CT molecular complexity index is 972. The topological polar surface area (TPSA) is 100 Å². The van der Waals surface area contributed by atoms with Crippen LogP contribution in [-0.2, 0) is 11.3 Å². The summed E-state index contributed by atoms with van der Waals surface area (Å²) < 4.78 is 1.39. The van der Waals surface area contributed by atoms with Crippen molar-refractivity contribution in [3.8, 4) is 0 Å². The maximum absolute atomic E-state index is 12.7. The van der Waals surface area contributed by atoms with Crippen LogP contribution in [0.3, 0.4) is 0 Å². The van der Waals surface area contributed by atoms with E-state index in [2.05, 4.69) is 25.2 Å². The highest BCUT2D eigenvalue weighted by molar-refractivity contribution is 7.21. The molecule has 10 nitrogen and oxygen atoms in total. The molecule has 0 radical (unpaired) electrons. The number of carbonyl (C=O) groups excluding carboxylic acids is 2. The van der Waals surface area contributed by atoms with Crippen molar-refractivity contribution in [3.63, 3.8) is 0 Å². The molecule has 3 aromatic rings. The molecule has 2 amide bonds. The Labute approximate surface area is 165 Å². The second-order valence-corrected chi connectivity index (χ2v) is 7.65. The average Bonchev–Trinajstić information content (AvgIpc) is 3.34. The molecule has 1 aliphatic heterocycles. The summed E-state index contributed by atoms with van der Waals surface area (Å²) >= 11 is 1.56. The molecule has 1 fully saturated rings. The molecule has 0 bridgehead atoms. The second-order valence-electron chi connectivity index (χ2n) is 6.69. The maximum Gasteiger partial charge on any atom is 0.276 e. The fourth-order valence-electron chi connectivity index (χ4n) is 2.91. The van der Waals surface area contributed by atoms with Crippen LogP contribution in [0.5, 0.6) is 0 Å². The van der Waals surface area contributed by atoms with Crippen molar-refractivity contribution in [2.45, 2.75) is 6.54 Å². The van der Waals surface area contributed by atoms with Crippen LogP contribution in [0.4, 0.5) is 5.13 Å². The number of anilines is 1. The summed E-state index contributed by atoms with van der Waals surface area (Å²) in [6, 6.07) is 3.83. The molecular weight excluding hydrogens is 380 g/mol. The number of hydrogen-bond acceptors (Lipinski definition) is 8. The first-order valence-electron chi connectivity index (χ1n) is 8.87. The Morgan fingerprint density at radius 3 is 2.71 bits per heavy atom. The molecule has 0 unspecified atom stereocenters. The zero-order chi connectivity index (χ0) is 19.7. The van der Waals surface area contributed by atoms with Gasteiger partial charge in [-0.3, -0.25) is 9.59 Å². The zero-order valence-electron chi connectivity index (χ0n) is 15.6. The van der Waals surface area contributed by atoms with E-state index in [0.29, 0.717) is 26.2 Å².